The lowest BCUT2D eigenvalue weighted by atomic mass is 10.2. The van der Waals surface area contributed by atoms with Gasteiger partial charge in [-0.05, 0) is 12.1 Å². The third-order valence-electron chi connectivity index (χ3n) is 2.35. The number of nitrogens with one attached hydrogen (secondary N) is 1. The number of aliphatic hydroxyl groups is 1. The number of hydrogen-bond donors (Lipinski definition) is 2. The van der Waals surface area contributed by atoms with E-state index >= 15 is 0 Å². The average Bonchev–Trinajstić information content (AvgIpc) is 2.44. The molecule has 0 saturated heterocycles. The first-order valence-electron chi connectivity index (χ1n) is 5.72. The summed E-state index contributed by atoms with van der Waals surface area (Å²) in [6.45, 7) is 0.0584. The minimum absolute atomic E-state index is 0.187. The average molecular weight is 280 g/mol. The van der Waals surface area contributed by atoms with Crippen LogP contribution in [0.25, 0.3) is 0 Å². The Labute approximate surface area is 116 Å². The van der Waals surface area contributed by atoms with E-state index in [0.717, 1.165) is 4.90 Å². The first kappa shape index (κ1) is 15.5. The molecular weight excluding hydrogens is 264 g/mol. The highest BCUT2D eigenvalue weighted by atomic mass is 32.2. The van der Waals surface area contributed by atoms with Crippen molar-refractivity contribution in [3.63, 3.8) is 0 Å². The van der Waals surface area contributed by atoms with Gasteiger partial charge in [0.2, 0.25) is 0 Å². The molecule has 19 heavy (non-hydrogen) atoms. The number of benzene rings is 1. The van der Waals surface area contributed by atoms with Crippen LogP contribution in [0, 0.1) is 11.3 Å². The molecule has 0 radical (unpaired) electrons. The fraction of sp³-hybridized carbons (Fsp3) is 0.385. The predicted octanol–water partition coefficient (Wildman–Crippen LogP) is 1.04. The molecule has 1 aromatic rings. The van der Waals surface area contributed by atoms with E-state index in [2.05, 4.69) is 5.32 Å². The maximum absolute atomic E-state index is 12.1. The Kier molecular flexibility index (Phi) is 6.97. The second-order valence-electron chi connectivity index (χ2n) is 3.75. The Morgan fingerprint density at radius 1 is 1.58 bits per heavy atom. The second kappa shape index (κ2) is 8.53. The number of carbonyl (C=O) groups excluding carboxylic acids is 1. The van der Waals surface area contributed by atoms with Crippen molar-refractivity contribution in [1.29, 1.82) is 5.26 Å². The second-order valence-corrected chi connectivity index (χ2v) is 4.77. The van der Waals surface area contributed by atoms with Gasteiger partial charge < -0.3 is 15.2 Å². The molecule has 5 nitrogen and oxygen atoms in total. The molecule has 1 amide bonds. The zero-order valence-electron chi connectivity index (χ0n) is 10.6. The summed E-state index contributed by atoms with van der Waals surface area (Å²) in [4.78, 5) is 12.8. The van der Waals surface area contributed by atoms with Gasteiger partial charge >= 0.3 is 0 Å². The molecule has 0 heterocycles. The maximum atomic E-state index is 12.1. The lowest BCUT2D eigenvalue weighted by Gasteiger charge is -2.16. The fourth-order valence-corrected chi connectivity index (χ4v) is 2.21. The van der Waals surface area contributed by atoms with Crippen LogP contribution in [0.2, 0.25) is 0 Å². The van der Waals surface area contributed by atoms with Gasteiger partial charge in [-0.15, -0.1) is 11.8 Å². The normalized spacial score (nSPS) is 11.6. The van der Waals surface area contributed by atoms with E-state index in [1.165, 1.54) is 18.9 Å². The standard InChI is InChI=1S/C13H16N2O3S/c1-18-9-10(8-16)15-13(17)11-4-2-3-5-12(11)19-7-6-14/h2-5,10,16H,7-9H2,1H3,(H,15,17). The number of nitriles is 1. The SMILES string of the molecule is COCC(CO)NC(=O)c1ccccc1SCC#N. The quantitative estimate of drug-likeness (QED) is 0.729. The zero-order chi connectivity index (χ0) is 14.1. The molecule has 102 valence electrons. The van der Waals surface area contributed by atoms with Crippen LogP contribution in [0.3, 0.4) is 0 Å². The first-order chi connectivity index (χ1) is 9.22. The van der Waals surface area contributed by atoms with Crippen molar-refractivity contribution in [3.05, 3.63) is 29.8 Å². The van der Waals surface area contributed by atoms with Crippen molar-refractivity contribution in [2.75, 3.05) is 26.1 Å². The fourth-order valence-electron chi connectivity index (χ4n) is 1.49. The van der Waals surface area contributed by atoms with Crippen molar-refractivity contribution in [1.82, 2.24) is 5.32 Å². The number of amides is 1. The van der Waals surface area contributed by atoms with Gasteiger partial charge in [-0.3, -0.25) is 4.79 Å². The van der Waals surface area contributed by atoms with Gasteiger partial charge in [-0.25, -0.2) is 0 Å². The number of methoxy groups -OCH3 is 1. The van der Waals surface area contributed by atoms with E-state index in [1.54, 1.807) is 18.2 Å². The number of aliphatic hydroxyl groups excluding tert-OH is 1. The highest BCUT2D eigenvalue weighted by molar-refractivity contribution is 7.99. The number of ether oxygens (including phenoxy) is 1. The number of carbonyl (C=O) groups is 1. The Morgan fingerprint density at radius 3 is 2.95 bits per heavy atom. The monoisotopic (exact) mass is 280 g/mol. The number of rotatable bonds is 7. The molecule has 0 saturated carbocycles. The molecule has 0 aliphatic carbocycles. The Hall–Kier alpha value is -1.55. The Bertz CT molecular complexity index is 459. The van der Waals surface area contributed by atoms with Crippen molar-refractivity contribution in [2.45, 2.75) is 10.9 Å². The third-order valence-corrected chi connectivity index (χ3v) is 3.29. The molecule has 1 aromatic carbocycles. The van der Waals surface area contributed by atoms with Crippen molar-refractivity contribution in [2.24, 2.45) is 0 Å². The summed E-state index contributed by atoms with van der Waals surface area (Å²) < 4.78 is 4.90. The van der Waals surface area contributed by atoms with Crippen molar-refractivity contribution >= 4 is 17.7 Å². The number of hydrogen-bond acceptors (Lipinski definition) is 5. The van der Waals surface area contributed by atoms with Crippen LogP contribution < -0.4 is 5.32 Å². The zero-order valence-corrected chi connectivity index (χ0v) is 11.4. The molecule has 0 aliphatic heterocycles. The number of thioether (sulfide) groups is 1. The molecule has 1 unspecified atom stereocenters. The summed E-state index contributed by atoms with van der Waals surface area (Å²) in [5, 5.41) is 20.4. The third kappa shape index (κ3) is 4.91. The van der Waals surface area contributed by atoms with Crippen LogP contribution in [0.4, 0.5) is 0 Å². The van der Waals surface area contributed by atoms with Gasteiger partial charge in [0.15, 0.2) is 0 Å². The lowest BCUT2D eigenvalue weighted by molar-refractivity contribution is 0.0837. The summed E-state index contributed by atoms with van der Waals surface area (Å²) in [5.41, 5.74) is 0.498. The molecule has 0 spiro atoms. The topological polar surface area (TPSA) is 82.3 Å². The predicted molar refractivity (Wildman–Crippen MR) is 73.0 cm³/mol. The summed E-state index contributed by atoms with van der Waals surface area (Å²) in [7, 11) is 1.51. The van der Waals surface area contributed by atoms with Crippen LogP contribution in [-0.2, 0) is 4.74 Å². The highest BCUT2D eigenvalue weighted by Crippen LogP contribution is 2.22. The van der Waals surface area contributed by atoms with Crippen LogP contribution >= 0.6 is 11.8 Å². The Balaban J connectivity index is 2.78. The van der Waals surface area contributed by atoms with Crippen molar-refractivity contribution < 1.29 is 14.6 Å². The first-order valence-corrected chi connectivity index (χ1v) is 6.71. The molecular formula is C13H16N2O3S. The van der Waals surface area contributed by atoms with E-state index in [0.29, 0.717) is 5.56 Å². The molecule has 2 N–H and O–H groups in total. The molecule has 1 atom stereocenters. The molecule has 1 rings (SSSR count). The van der Waals surface area contributed by atoms with E-state index in [9.17, 15) is 4.79 Å². The summed E-state index contributed by atoms with van der Waals surface area (Å²) in [6, 6.07) is 8.65. The van der Waals surface area contributed by atoms with Crippen LogP contribution in [0.15, 0.2) is 29.2 Å². The summed E-state index contributed by atoms with van der Waals surface area (Å²) in [6.07, 6.45) is 0. The van der Waals surface area contributed by atoms with Crippen LogP contribution in [0.5, 0.6) is 0 Å². The van der Waals surface area contributed by atoms with Gasteiger partial charge in [0.1, 0.15) is 0 Å². The summed E-state index contributed by atoms with van der Waals surface area (Å²) in [5.74, 6) is 0.00310. The molecule has 0 aromatic heterocycles. The smallest absolute Gasteiger partial charge is 0.252 e. The van der Waals surface area contributed by atoms with E-state index in [4.69, 9.17) is 15.1 Å². The van der Waals surface area contributed by atoms with Gasteiger partial charge in [0.25, 0.3) is 5.91 Å². The van der Waals surface area contributed by atoms with Gasteiger partial charge in [-0.2, -0.15) is 5.26 Å². The molecule has 6 heteroatoms. The van der Waals surface area contributed by atoms with Gasteiger partial charge in [-0.1, -0.05) is 12.1 Å². The molecule has 0 bridgehead atoms. The molecule has 0 fully saturated rings. The molecule has 0 aliphatic rings. The van der Waals surface area contributed by atoms with Crippen LogP contribution in [-0.4, -0.2) is 43.1 Å². The number of nitrogens with zero attached hydrogens (tertiary/aromatic N) is 1. The maximum Gasteiger partial charge on any atom is 0.252 e. The van der Waals surface area contributed by atoms with Crippen molar-refractivity contribution in [3.8, 4) is 6.07 Å². The van der Waals surface area contributed by atoms with Gasteiger partial charge in [0.05, 0.1) is 36.6 Å². The minimum Gasteiger partial charge on any atom is -0.394 e. The lowest BCUT2D eigenvalue weighted by Crippen LogP contribution is -2.40. The van der Waals surface area contributed by atoms with E-state index < -0.39 is 6.04 Å². The largest absolute Gasteiger partial charge is 0.394 e. The van der Waals surface area contributed by atoms with E-state index in [1.807, 2.05) is 12.1 Å². The summed E-state index contributed by atoms with van der Waals surface area (Å²) >= 11 is 1.31. The highest BCUT2D eigenvalue weighted by Gasteiger charge is 2.15. The van der Waals surface area contributed by atoms with Gasteiger partial charge in [0, 0.05) is 12.0 Å². The van der Waals surface area contributed by atoms with Crippen LogP contribution in [0.1, 0.15) is 10.4 Å². The minimum atomic E-state index is -0.438. The van der Waals surface area contributed by atoms with E-state index in [-0.39, 0.29) is 24.9 Å². The Morgan fingerprint density at radius 2 is 2.32 bits per heavy atom.